The molecule has 1 unspecified atom stereocenters. The number of aldehydes is 1. The SMILES string of the molecule is CC(NC(=O)Cc1ccc2c(c1)OCO2)c1ccc(C=O)cc1. The number of benzene rings is 2. The number of hydrogen-bond acceptors (Lipinski definition) is 4. The molecule has 0 aromatic heterocycles. The maximum Gasteiger partial charge on any atom is 0.231 e. The predicted octanol–water partition coefficient (Wildman–Crippen LogP) is 2.65. The lowest BCUT2D eigenvalue weighted by atomic mass is 10.1. The molecule has 1 aliphatic heterocycles. The summed E-state index contributed by atoms with van der Waals surface area (Å²) in [5.41, 5.74) is 2.44. The van der Waals surface area contributed by atoms with E-state index in [9.17, 15) is 9.59 Å². The van der Waals surface area contributed by atoms with Crippen LogP contribution in [0.25, 0.3) is 0 Å². The molecule has 1 atom stereocenters. The lowest BCUT2D eigenvalue weighted by Crippen LogP contribution is -2.28. The van der Waals surface area contributed by atoms with Crippen LogP contribution in [0.4, 0.5) is 0 Å². The molecule has 0 bridgehead atoms. The van der Waals surface area contributed by atoms with Crippen LogP contribution < -0.4 is 14.8 Å². The minimum Gasteiger partial charge on any atom is -0.454 e. The van der Waals surface area contributed by atoms with E-state index in [1.807, 2.05) is 37.3 Å². The third-order valence-electron chi connectivity index (χ3n) is 3.75. The van der Waals surface area contributed by atoms with Crippen molar-refractivity contribution in [3.05, 3.63) is 59.2 Å². The van der Waals surface area contributed by atoms with E-state index in [0.29, 0.717) is 17.1 Å². The van der Waals surface area contributed by atoms with E-state index >= 15 is 0 Å². The molecule has 0 saturated carbocycles. The number of carbonyl (C=O) groups excluding carboxylic acids is 2. The Bertz CT molecular complexity index is 724. The smallest absolute Gasteiger partial charge is 0.231 e. The van der Waals surface area contributed by atoms with Gasteiger partial charge in [0, 0.05) is 5.56 Å². The third-order valence-corrected chi connectivity index (χ3v) is 3.75. The van der Waals surface area contributed by atoms with E-state index < -0.39 is 0 Å². The average Bonchev–Trinajstić information content (AvgIpc) is 3.02. The van der Waals surface area contributed by atoms with Crippen LogP contribution in [0, 0.1) is 0 Å². The van der Waals surface area contributed by atoms with Crippen molar-refractivity contribution in [2.75, 3.05) is 6.79 Å². The second kappa shape index (κ2) is 6.52. The Morgan fingerprint density at radius 3 is 2.65 bits per heavy atom. The van der Waals surface area contributed by atoms with Gasteiger partial charge in [0.1, 0.15) is 6.29 Å². The van der Waals surface area contributed by atoms with Gasteiger partial charge in [-0.1, -0.05) is 30.3 Å². The highest BCUT2D eigenvalue weighted by molar-refractivity contribution is 5.79. The van der Waals surface area contributed by atoms with Gasteiger partial charge in [0.25, 0.3) is 0 Å². The highest BCUT2D eigenvalue weighted by Crippen LogP contribution is 2.32. The Morgan fingerprint density at radius 1 is 1.17 bits per heavy atom. The van der Waals surface area contributed by atoms with Crippen molar-refractivity contribution < 1.29 is 19.1 Å². The summed E-state index contributed by atoms with van der Waals surface area (Å²) in [6.07, 6.45) is 1.07. The van der Waals surface area contributed by atoms with Crippen LogP contribution in [-0.4, -0.2) is 19.0 Å². The summed E-state index contributed by atoms with van der Waals surface area (Å²) in [5.74, 6) is 1.31. The molecule has 1 aliphatic rings. The number of amides is 1. The van der Waals surface area contributed by atoms with Crippen LogP contribution in [0.2, 0.25) is 0 Å². The van der Waals surface area contributed by atoms with Crippen molar-refractivity contribution in [3.8, 4) is 11.5 Å². The first-order valence-electron chi connectivity index (χ1n) is 7.39. The molecule has 118 valence electrons. The van der Waals surface area contributed by atoms with Crippen molar-refractivity contribution in [1.82, 2.24) is 5.32 Å². The van der Waals surface area contributed by atoms with Gasteiger partial charge in [0.05, 0.1) is 12.5 Å². The monoisotopic (exact) mass is 311 g/mol. The summed E-state index contributed by atoms with van der Waals surface area (Å²) in [6, 6.07) is 12.5. The number of carbonyl (C=O) groups is 2. The zero-order valence-electron chi connectivity index (χ0n) is 12.7. The van der Waals surface area contributed by atoms with Gasteiger partial charge in [0.2, 0.25) is 12.7 Å². The van der Waals surface area contributed by atoms with Crippen LogP contribution >= 0.6 is 0 Å². The molecule has 23 heavy (non-hydrogen) atoms. The molecule has 0 aliphatic carbocycles. The maximum absolute atomic E-state index is 12.2. The summed E-state index contributed by atoms with van der Waals surface area (Å²) in [5, 5.41) is 2.95. The molecular formula is C18H17NO4. The zero-order chi connectivity index (χ0) is 16.2. The molecule has 5 heteroatoms. The van der Waals surface area contributed by atoms with E-state index in [0.717, 1.165) is 17.4 Å². The first kappa shape index (κ1) is 15.1. The maximum atomic E-state index is 12.2. The van der Waals surface area contributed by atoms with Crippen LogP contribution in [0.5, 0.6) is 11.5 Å². The van der Waals surface area contributed by atoms with E-state index in [1.54, 1.807) is 12.1 Å². The van der Waals surface area contributed by atoms with Gasteiger partial charge in [-0.2, -0.15) is 0 Å². The second-order valence-electron chi connectivity index (χ2n) is 5.44. The van der Waals surface area contributed by atoms with Gasteiger partial charge in [-0.05, 0) is 30.2 Å². The van der Waals surface area contributed by atoms with E-state index in [-0.39, 0.29) is 25.2 Å². The summed E-state index contributed by atoms with van der Waals surface area (Å²) in [4.78, 5) is 22.8. The van der Waals surface area contributed by atoms with Crippen LogP contribution in [0.3, 0.4) is 0 Å². The molecule has 1 amide bonds. The Morgan fingerprint density at radius 2 is 1.91 bits per heavy atom. The average molecular weight is 311 g/mol. The normalized spacial score (nSPS) is 13.4. The van der Waals surface area contributed by atoms with Crippen LogP contribution in [0.1, 0.15) is 34.5 Å². The molecule has 0 fully saturated rings. The summed E-state index contributed by atoms with van der Waals surface area (Å²) >= 11 is 0. The van der Waals surface area contributed by atoms with Crippen molar-refractivity contribution in [2.24, 2.45) is 0 Å². The van der Waals surface area contributed by atoms with Crippen molar-refractivity contribution in [3.63, 3.8) is 0 Å². The number of rotatable bonds is 5. The van der Waals surface area contributed by atoms with Gasteiger partial charge in [0.15, 0.2) is 11.5 Å². The molecule has 3 rings (SSSR count). The fourth-order valence-corrected chi connectivity index (χ4v) is 2.48. The quantitative estimate of drug-likeness (QED) is 0.862. The molecule has 2 aromatic rings. The Kier molecular flexibility index (Phi) is 4.28. The summed E-state index contributed by atoms with van der Waals surface area (Å²) < 4.78 is 10.6. The van der Waals surface area contributed by atoms with E-state index in [1.165, 1.54) is 0 Å². The highest BCUT2D eigenvalue weighted by Gasteiger charge is 2.15. The van der Waals surface area contributed by atoms with Gasteiger partial charge in [-0.25, -0.2) is 0 Å². The van der Waals surface area contributed by atoms with Crippen LogP contribution in [0.15, 0.2) is 42.5 Å². The standard InChI is InChI=1S/C18H17NO4/c1-12(15-5-2-13(10-20)3-6-15)19-18(21)9-14-4-7-16-17(8-14)23-11-22-16/h2-8,10,12H,9,11H2,1H3,(H,19,21). The molecule has 1 N–H and O–H groups in total. The Hall–Kier alpha value is -2.82. The van der Waals surface area contributed by atoms with Gasteiger partial charge >= 0.3 is 0 Å². The lowest BCUT2D eigenvalue weighted by molar-refractivity contribution is -0.121. The molecule has 0 saturated heterocycles. The first-order chi connectivity index (χ1) is 11.2. The molecule has 2 aromatic carbocycles. The molecule has 5 nitrogen and oxygen atoms in total. The zero-order valence-corrected chi connectivity index (χ0v) is 12.7. The number of fused-ring (bicyclic) bond motifs is 1. The third kappa shape index (κ3) is 3.51. The highest BCUT2D eigenvalue weighted by atomic mass is 16.7. The summed E-state index contributed by atoms with van der Waals surface area (Å²) in [6.45, 7) is 2.13. The number of nitrogens with one attached hydrogen (secondary N) is 1. The Balaban J connectivity index is 1.61. The molecule has 0 spiro atoms. The predicted molar refractivity (Wildman–Crippen MR) is 84.7 cm³/mol. The Labute approximate surface area is 134 Å². The van der Waals surface area contributed by atoms with Crippen molar-refractivity contribution in [1.29, 1.82) is 0 Å². The topological polar surface area (TPSA) is 64.6 Å². The largest absolute Gasteiger partial charge is 0.454 e. The number of hydrogen-bond donors (Lipinski definition) is 1. The summed E-state index contributed by atoms with van der Waals surface area (Å²) in [7, 11) is 0. The lowest BCUT2D eigenvalue weighted by Gasteiger charge is -2.14. The van der Waals surface area contributed by atoms with E-state index in [2.05, 4.69) is 5.32 Å². The fourth-order valence-electron chi connectivity index (χ4n) is 2.48. The number of ether oxygens (including phenoxy) is 2. The van der Waals surface area contributed by atoms with Crippen LogP contribution in [-0.2, 0) is 11.2 Å². The molecule has 1 heterocycles. The minimum absolute atomic E-state index is 0.0733. The minimum atomic E-state index is -0.128. The van der Waals surface area contributed by atoms with Gasteiger partial charge in [-0.15, -0.1) is 0 Å². The van der Waals surface area contributed by atoms with Crippen molar-refractivity contribution >= 4 is 12.2 Å². The molecular weight excluding hydrogens is 294 g/mol. The van der Waals surface area contributed by atoms with Gasteiger partial charge in [-0.3, -0.25) is 9.59 Å². The fraction of sp³-hybridized carbons (Fsp3) is 0.222. The molecule has 0 radical (unpaired) electrons. The van der Waals surface area contributed by atoms with Gasteiger partial charge < -0.3 is 14.8 Å². The van der Waals surface area contributed by atoms with E-state index in [4.69, 9.17) is 9.47 Å². The first-order valence-corrected chi connectivity index (χ1v) is 7.39. The second-order valence-corrected chi connectivity index (χ2v) is 5.44. The van der Waals surface area contributed by atoms with Crippen molar-refractivity contribution in [2.45, 2.75) is 19.4 Å².